The molecular weight excluding hydrogens is 1370 g/mol. The number of benzene rings is 6. The zero-order valence-electron chi connectivity index (χ0n) is 51.1. The van der Waals surface area contributed by atoms with Gasteiger partial charge in [-0.2, -0.15) is 0 Å². The number of aldehydes is 1. The van der Waals surface area contributed by atoms with E-state index in [-0.39, 0.29) is 37.3 Å². The number of hydrogen-bond donors (Lipinski definition) is 2. The van der Waals surface area contributed by atoms with Gasteiger partial charge in [-0.25, -0.2) is 4.98 Å². The lowest BCUT2D eigenvalue weighted by Crippen LogP contribution is -2.40. The fourth-order valence-corrected chi connectivity index (χ4v) is 9.62. The zero-order valence-corrected chi connectivity index (χ0v) is 58.0. The molecule has 0 radical (unpaired) electrons. The molecule has 1 aromatic heterocycles. The molecule has 2 aliphatic rings. The van der Waals surface area contributed by atoms with Crippen LogP contribution >= 0.6 is 97.9 Å². The van der Waals surface area contributed by atoms with Crippen LogP contribution < -0.4 is 29.4 Å². The van der Waals surface area contributed by atoms with Gasteiger partial charge in [0.25, 0.3) is 0 Å². The number of phenols is 1. The standard InChI is InChI=1S/C24H27Cl2N3O2.C14H21ClN2O.C10H13ClO3.C8H7ClO2.C6H5ClO.C4H9BrO2.ClH/c25-19-2-6-22(7-3-19)30-17-1-13-28-14-10-21(11-15-28)29-16-12-27-24(29)18-31-23-8-4-20(26)5-9-23;15-12-2-4-14(5-3-12)18-11-1-8-17-9-6-13(16)7-10-17;1-12-10(13-2)7-14-9-5-3-8(11)4-6-9;9-7-1-3-8(4-2-7)11-6-5-10;7-5-1-3-6(8)4-2-5;1-6-4(3-5)7-2;/h2-9,12,16,21H,1,10-11,13-15,17-18H2;2-5,13H,1,6-11,16H2;3-6,10H,7H2,1-2H3;1-5H,6H2;1-4,8H;4H,3H2,1-2H3;1H. The smallest absolute Gasteiger partial charge is 0.191 e. The van der Waals surface area contributed by atoms with Gasteiger partial charge in [-0.1, -0.05) is 85.5 Å². The number of methoxy groups -OCH3 is 4. The maximum absolute atomic E-state index is 9.89. The Morgan fingerprint density at radius 2 is 0.889 bits per heavy atom. The van der Waals surface area contributed by atoms with E-state index in [1.165, 1.54) is 0 Å². The minimum Gasteiger partial charge on any atom is -0.508 e. The van der Waals surface area contributed by atoms with E-state index < -0.39 is 0 Å². The van der Waals surface area contributed by atoms with Gasteiger partial charge < -0.3 is 67.8 Å². The van der Waals surface area contributed by atoms with E-state index >= 15 is 0 Å². The van der Waals surface area contributed by atoms with Crippen LogP contribution in [0.5, 0.6) is 34.5 Å². The maximum Gasteiger partial charge on any atom is 0.191 e. The Hall–Kier alpha value is -4.77. The molecule has 0 unspecified atom stereocenters. The summed E-state index contributed by atoms with van der Waals surface area (Å²) >= 11 is 37.7. The summed E-state index contributed by atoms with van der Waals surface area (Å²) in [6, 6.07) is 43.7. The summed E-state index contributed by atoms with van der Waals surface area (Å²) in [5, 5.41) is 13.6. The molecule has 494 valence electrons. The molecule has 24 heteroatoms. The number of piperidine rings is 2. The van der Waals surface area contributed by atoms with Gasteiger partial charge in [-0.3, -0.25) is 4.79 Å². The second kappa shape index (κ2) is 48.0. The number of aromatic nitrogens is 2. The summed E-state index contributed by atoms with van der Waals surface area (Å²) in [4.78, 5) is 19.4. The summed E-state index contributed by atoms with van der Waals surface area (Å²) in [7, 11) is 6.35. The molecule has 0 atom stereocenters. The number of rotatable bonds is 25. The number of nitrogens with two attached hydrogens (primary N) is 1. The first-order valence-corrected chi connectivity index (χ1v) is 32.2. The fourth-order valence-electron chi connectivity index (χ4n) is 8.33. The van der Waals surface area contributed by atoms with Crippen molar-refractivity contribution in [1.82, 2.24) is 19.4 Å². The highest BCUT2D eigenvalue weighted by molar-refractivity contribution is 9.09. The molecule has 2 aliphatic heterocycles. The van der Waals surface area contributed by atoms with E-state index in [9.17, 15) is 4.79 Å². The van der Waals surface area contributed by atoms with Crippen molar-refractivity contribution < 1.29 is 52.5 Å². The molecule has 0 spiro atoms. The molecule has 3 N–H and O–H groups in total. The van der Waals surface area contributed by atoms with Crippen molar-refractivity contribution in [2.45, 2.75) is 69.8 Å². The molecule has 0 aliphatic carbocycles. The number of alkyl halides is 1. The lowest BCUT2D eigenvalue weighted by Gasteiger charge is -2.33. The minimum absolute atomic E-state index is 0. The summed E-state index contributed by atoms with van der Waals surface area (Å²) in [5.74, 6) is 5.17. The molecule has 2 saturated heterocycles. The summed E-state index contributed by atoms with van der Waals surface area (Å²) in [6.07, 6.45) is 10.7. The Bertz CT molecular complexity index is 2860. The van der Waals surface area contributed by atoms with Gasteiger partial charge in [0.15, 0.2) is 18.9 Å². The maximum atomic E-state index is 9.89. The van der Waals surface area contributed by atoms with Gasteiger partial charge in [0.2, 0.25) is 0 Å². The van der Waals surface area contributed by atoms with E-state index in [1.807, 2.05) is 79.0 Å². The van der Waals surface area contributed by atoms with Crippen molar-refractivity contribution in [1.29, 1.82) is 0 Å². The molecule has 6 aromatic carbocycles. The second-order valence-electron chi connectivity index (χ2n) is 19.7. The minimum atomic E-state index is -0.342. The van der Waals surface area contributed by atoms with Crippen LogP contribution in [0, 0.1) is 0 Å². The number of likely N-dealkylation sites (tertiary alicyclic amines) is 2. The highest BCUT2D eigenvalue weighted by atomic mass is 79.9. The number of imidazole rings is 1. The summed E-state index contributed by atoms with van der Waals surface area (Å²) in [6.45, 7) is 8.94. The van der Waals surface area contributed by atoms with Crippen molar-refractivity contribution in [3.05, 3.63) is 194 Å². The van der Waals surface area contributed by atoms with Gasteiger partial charge in [0.05, 0.1) is 18.5 Å². The third kappa shape index (κ3) is 34.8. The van der Waals surface area contributed by atoms with E-state index in [4.69, 9.17) is 123 Å². The summed E-state index contributed by atoms with van der Waals surface area (Å²) in [5.41, 5.74) is 5.88. The first-order chi connectivity index (χ1) is 43.1. The Morgan fingerprint density at radius 1 is 0.533 bits per heavy atom. The zero-order chi connectivity index (χ0) is 64.4. The Labute approximate surface area is 575 Å². The highest BCUT2D eigenvalue weighted by Gasteiger charge is 2.22. The number of ether oxygens (including phenoxy) is 9. The molecule has 16 nitrogen and oxygen atoms in total. The number of phenolic OH excluding ortho intramolecular Hbond substituents is 1. The van der Waals surface area contributed by atoms with E-state index in [2.05, 4.69) is 41.5 Å². The van der Waals surface area contributed by atoms with E-state index in [0.717, 1.165) is 135 Å². The first kappa shape index (κ1) is 79.5. The van der Waals surface area contributed by atoms with Gasteiger partial charge in [-0.05, 0) is 197 Å². The van der Waals surface area contributed by atoms with Gasteiger partial charge in [0.1, 0.15) is 60.1 Å². The fraction of sp³-hybridized carbons (Fsp3) is 0.394. The first-order valence-electron chi connectivity index (χ1n) is 28.8. The lowest BCUT2D eigenvalue weighted by atomic mass is 10.0. The molecule has 3 heterocycles. The predicted octanol–water partition coefficient (Wildman–Crippen LogP) is 16.1. The molecule has 0 amide bonds. The largest absolute Gasteiger partial charge is 0.508 e. The van der Waals surface area contributed by atoms with Crippen LogP contribution in [-0.4, -0.2) is 149 Å². The molecule has 0 saturated carbocycles. The number of carbonyl (C=O) groups excluding carboxylic acids is 1. The number of hydrogen-bond acceptors (Lipinski definition) is 15. The molecular formula is C66H83BrCl7N5O11. The number of aromatic hydroxyl groups is 1. The van der Waals surface area contributed by atoms with E-state index in [0.29, 0.717) is 57.4 Å². The van der Waals surface area contributed by atoms with Crippen molar-refractivity contribution in [2.75, 3.05) is 99.5 Å². The molecule has 0 bridgehead atoms. The monoisotopic (exact) mass is 1450 g/mol. The van der Waals surface area contributed by atoms with E-state index in [1.54, 1.807) is 101 Å². The van der Waals surface area contributed by atoms with Crippen LogP contribution in [0.2, 0.25) is 30.1 Å². The Kier molecular flexibility index (Phi) is 42.4. The second-order valence-corrected chi connectivity index (χ2v) is 23.0. The normalized spacial score (nSPS) is 13.2. The Balaban J connectivity index is 0.000000307. The predicted molar refractivity (Wildman–Crippen MR) is 369 cm³/mol. The molecule has 9 rings (SSSR count). The van der Waals surface area contributed by atoms with Crippen molar-refractivity contribution in [2.24, 2.45) is 5.73 Å². The van der Waals surface area contributed by atoms with Crippen molar-refractivity contribution >= 4 is 104 Å². The number of nitrogens with zero attached hydrogens (tertiary/aromatic N) is 4. The van der Waals surface area contributed by atoms with Crippen LogP contribution in [0.1, 0.15) is 50.4 Å². The van der Waals surface area contributed by atoms with Crippen LogP contribution in [0.3, 0.4) is 0 Å². The van der Waals surface area contributed by atoms with Gasteiger partial charge in [0, 0.05) is 109 Å². The lowest BCUT2D eigenvalue weighted by molar-refractivity contribution is -0.121. The SMILES string of the molecule is COC(CBr)OC.COC(COc1ccc(Cl)cc1)OC.Cl.Clc1ccc(OCCCN2CCC(n3ccnc3COc3ccc(Cl)cc3)CC2)cc1.NC1CCN(CCCOc2ccc(Cl)cc2)CC1.O=CCOc1ccc(Cl)cc1.Oc1ccc(Cl)cc1. The summed E-state index contributed by atoms with van der Waals surface area (Å²) < 4.78 is 49.5. The van der Waals surface area contributed by atoms with Crippen molar-refractivity contribution in [3.63, 3.8) is 0 Å². The number of carbonyl (C=O) groups is 1. The average molecular weight is 1450 g/mol. The van der Waals surface area contributed by atoms with Crippen LogP contribution in [0.15, 0.2) is 158 Å². The number of halogens is 8. The third-order valence-corrected chi connectivity index (χ3v) is 15.3. The van der Waals surface area contributed by atoms with Crippen LogP contribution in [0.4, 0.5) is 0 Å². The quantitative estimate of drug-likeness (QED) is 0.0240. The van der Waals surface area contributed by atoms with Crippen LogP contribution in [-0.2, 0) is 30.3 Å². The Morgan fingerprint density at radius 3 is 1.24 bits per heavy atom. The molecule has 2 fully saturated rings. The highest BCUT2D eigenvalue weighted by Crippen LogP contribution is 2.26. The molecule has 7 aromatic rings. The third-order valence-electron chi connectivity index (χ3n) is 13.3. The van der Waals surface area contributed by atoms with Crippen molar-refractivity contribution in [3.8, 4) is 34.5 Å². The molecule has 90 heavy (non-hydrogen) atoms. The average Bonchev–Trinajstić information content (AvgIpc) is 1.98. The van der Waals surface area contributed by atoms with Gasteiger partial charge in [-0.15, -0.1) is 12.4 Å². The van der Waals surface area contributed by atoms with Gasteiger partial charge >= 0.3 is 0 Å². The van der Waals surface area contributed by atoms with Crippen LogP contribution in [0.25, 0.3) is 0 Å². The topological polar surface area (TPSA) is 171 Å².